The minimum Gasteiger partial charge on any atom is -0.482 e. The predicted octanol–water partition coefficient (Wildman–Crippen LogP) is 4.23. The Bertz CT molecular complexity index is 1540. The average molecular weight is 490 g/mol. The molecule has 0 aliphatic carbocycles. The van der Waals surface area contributed by atoms with Crippen LogP contribution in [0.2, 0.25) is 0 Å². The summed E-state index contributed by atoms with van der Waals surface area (Å²) in [5.41, 5.74) is 4.43. The third-order valence-corrected chi connectivity index (χ3v) is 6.85. The van der Waals surface area contributed by atoms with E-state index in [9.17, 15) is 9.59 Å². The zero-order chi connectivity index (χ0) is 24.7. The van der Waals surface area contributed by atoms with Gasteiger partial charge in [0.2, 0.25) is 0 Å². The molecule has 1 aliphatic heterocycles. The second kappa shape index (κ2) is 9.07. The SMILES string of the molecule is Cc1c(N=c2scc(-c3ccc4c(c3)NC(=O)CO4)n2CC(C)C)c(=O)n(-c2ccccc2)n1C. The van der Waals surface area contributed by atoms with Crippen LogP contribution in [0.1, 0.15) is 19.5 Å². The lowest BCUT2D eigenvalue weighted by molar-refractivity contribution is -0.118. The molecule has 4 aromatic rings. The number of fused-ring (bicyclic) bond motifs is 1. The van der Waals surface area contributed by atoms with Crippen LogP contribution in [-0.2, 0) is 18.4 Å². The standard InChI is InChI=1S/C26H27N5O3S/c1-16(2)13-30-21(18-10-11-22-20(12-18)27-23(32)14-34-22)15-35-26(30)28-24-17(3)29(4)31(25(24)33)19-8-6-5-7-9-19/h5-12,15-16H,13-14H2,1-4H3,(H,27,32). The van der Waals surface area contributed by atoms with Crippen LogP contribution in [-0.4, -0.2) is 26.4 Å². The van der Waals surface area contributed by atoms with E-state index in [0.717, 1.165) is 34.0 Å². The van der Waals surface area contributed by atoms with Crippen molar-refractivity contribution in [3.63, 3.8) is 0 Å². The molecule has 0 atom stereocenters. The maximum Gasteiger partial charge on any atom is 0.297 e. The van der Waals surface area contributed by atoms with Gasteiger partial charge >= 0.3 is 0 Å². The van der Waals surface area contributed by atoms with Gasteiger partial charge in [-0.15, -0.1) is 11.3 Å². The van der Waals surface area contributed by atoms with Crippen LogP contribution in [0.4, 0.5) is 11.4 Å². The summed E-state index contributed by atoms with van der Waals surface area (Å²) in [7, 11) is 1.87. The predicted molar refractivity (Wildman–Crippen MR) is 138 cm³/mol. The summed E-state index contributed by atoms with van der Waals surface area (Å²) in [5, 5.41) is 4.92. The first kappa shape index (κ1) is 22.9. The Labute approximate surface area is 206 Å². The molecule has 0 unspecified atom stereocenters. The second-order valence-corrected chi connectivity index (χ2v) is 9.81. The van der Waals surface area contributed by atoms with Gasteiger partial charge in [0.1, 0.15) is 5.75 Å². The van der Waals surface area contributed by atoms with E-state index in [1.165, 1.54) is 11.3 Å². The number of aromatic nitrogens is 3. The lowest BCUT2D eigenvalue weighted by Crippen LogP contribution is -2.25. The van der Waals surface area contributed by atoms with Crippen molar-refractivity contribution in [2.75, 3.05) is 11.9 Å². The first-order chi connectivity index (χ1) is 16.8. The summed E-state index contributed by atoms with van der Waals surface area (Å²) in [6, 6.07) is 15.3. The van der Waals surface area contributed by atoms with E-state index in [4.69, 9.17) is 9.73 Å². The zero-order valence-electron chi connectivity index (χ0n) is 20.1. The Hall–Kier alpha value is -3.85. The summed E-state index contributed by atoms with van der Waals surface area (Å²) in [6.45, 7) is 6.96. The van der Waals surface area contributed by atoms with Crippen molar-refractivity contribution in [1.82, 2.24) is 13.9 Å². The quantitative estimate of drug-likeness (QED) is 0.455. The van der Waals surface area contributed by atoms with Crippen molar-refractivity contribution in [2.24, 2.45) is 18.0 Å². The summed E-state index contributed by atoms with van der Waals surface area (Å²) < 4.78 is 11.1. The van der Waals surface area contributed by atoms with E-state index in [1.54, 1.807) is 4.68 Å². The fraction of sp³-hybridized carbons (Fsp3) is 0.269. The van der Waals surface area contributed by atoms with Crippen LogP contribution >= 0.6 is 11.3 Å². The molecular formula is C26H27N5O3S. The summed E-state index contributed by atoms with van der Waals surface area (Å²) in [6.07, 6.45) is 0. The van der Waals surface area contributed by atoms with Gasteiger partial charge < -0.3 is 14.6 Å². The van der Waals surface area contributed by atoms with Crippen molar-refractivity contribution in [3.8, 4) is 22.7 Å². The Kier molecular flexibility index (Phi) is 5.94. The molecule has 1 N–H and O–H groups in total. The number of ether oxygens (including phenoxy) is 1. The fourth-order valence-electron chi connectivity index (χ4n) is 4.21. The third-order valence-electron chi connectivity index (χ3n) is 5.98. The summed E-state index contributed by atoms with van der Waals surface area (Å²) in [5.74, 6) is 0.853. The van der Waals surface area contributed by atoms with Gasteiger partial charge in [0.25, 0.3) is 11.5 Å². The topological polar surface area (TPSA) is 82.6 Å². The van der Waals surface area contributed by atoms with Gasteiger partial charge in [-0.05, 0) is 43.2 Å². The lowest BCUT2D eigenvalue weighted by Gasteiger charge is -2.19. The number of nitrogens with one attached hydrogen (secondary N) is 1. The number of benzene rings is 2. The molecule has 3 heterocycles. The van der Waals surface area contributed by atoms with Crippen LogP contribution in [0.5, 0.6) is 5.75 Å². The largest absolute Gasteiger partial charge is 0.482 e. The number of anilines is 1. The molecule has 180 valence electrons. The Morgan fingerprint density at radius 2 is 1.91 bits per heavy atom. The number of rotatable bonds is 5. The first-order valence-electron chi connectivity index (χ1n) is 11.5. The molecule has 8 nitrogen and oxygen atoms in total. The number of hydrogen-bond donors (Lipinski definition) is 1. The minimum absolute atomic E-state index is 0.0259. The minimum atomic E-state index is -0.167. The van der Waals surface area contributed by atoms with E-state index in [2.05, 4.69) is 23.7 Å². The van der Waals surface area contributed by atoms with Gasteiger partial charge in [-0.2, -0.15) is 0 Å². The normalized spacial score (nSPS) is 13.6. The van der Waals surface area contributed by atoms with Gasteiger partial charge in [0.05, 0.1) is 22.8 Å². The summed E-state index contributed by atoms with van der Waals surface area (Å²) >= 11 is 1.49. The van der Waals surface area contributed by atoms with Crippen LogP contribution in [0.3, 0.4) is 0 Å². The molecule has 2 aromatic carbocycles. The van der Waals surface area contributed by atoms with Crippen molar-refractivity contribution in [1.29, 1.82) is 0 Å². The highest BCUT2D eigenvalue weighted by molar-refractivity contribution is 7.07. The third kappa shape index (κ3) is 4.23. The number of hydrogen-bond acceptors (Lipinski definition) is 5. The highest BCUT2D eigenvalue weighted by atomic mass is 32.1. The van der Waals surface area contributed by atoms with E-state index in [1.807, 2.05) is 72.6 Å². The maximum atomic E-state index is 13.4. The molecule has 1 amide bonds. The molecule has 2 aromatic heterocycles. The molecule has 35 heavy (non-hydrogen) atoms. The van der Waals surface area contributed by atoms with E-state index >= 15 is 0 Å². The van der Waals surface area contributed by atoms with E-state index in [-0.39, 0.29) is 18.1 Å². The molecule has 9 heteroatoms. The average Bonchev–Trinajstić information content (AvgIpc) is 3.32. The van der Waals surface area contributed by atoms with Crippen LogP contribution in [0, 0.1) is 12.8 Å². The number of carbonyl (C=O) groups is 1. The Balaban J connectivity index is 1.65. The second-order valence-electron chi connectivity index (χ2n) is 8.98. The van der Waals surface area contributed by atoms with Crippen molar-refractivity contribution >= 4 is 28.6 Å². The highest BCUT2D eigenvalue weighted by Crippen LogP contribution is 2.33. The van der Waals surface area contributed by atoms with Crippen LogP contribution < -0.4 is 20.4 Å². The molecule has 0 fully saturated rings. The number of thiazole rings is 1. The number of nitrogens with zero attached hydrogens (tertiary/aromatic N) is 4. The van der Waals surface area contributed by atoms with Gasteiger partial charge in [-0.25, -0.2) is 9.67 Å². The molecule has 0 spiro atoms. The van der Waals surface area contributed by atoms with Crippen molar-refractivity contribution in [3.05, 3.63) is 74.8 Å². The number of para-hydroxylation sites is 1. The van der Waals surface area contributed by atoms with Gasteiger partial charge in [0, 0.05) is 24.5 Å². The molecule has 0 radical (unpaired) electrons. The van der Waals surface area contributed by atoms with Crippen molar-refractivity contribution < 1.29 is 9.53 Å². The van der Waals surface area contributed by atoms with Crippen molar-refractivity contribution in [2.45, 2.75) is 27.3 Å². The van der Waals surface area contributed by atoms with Gasteiger partial charge in [-0.3, -0.25) is 14.3 Å². The van der Waals surface area contributed by atoms with Gasteiger partial charge in [0.15, 0.2) is 17.1 Å². The Morgan fingerprint density at radius 1 is 1.14 bits per heavy atom. The number of amides is 1. The molecule has 1 aliphatic rings. The highest BCUT2D eigenvalue weighted by Gasteiger charge is 2.19. The Morgan fingerprint density at radius 3 is 2.66 bits per heavy atom. The molecule has 0 saturated carbocycles. The van der Waals surface area contributed by atoms with E-state index in [0.29, 0.717) is 23.0 Å². The molecular weight excluding hydrogens is 462 g/mol. The molecule has 0 saturated heterocycles. The van der Waals surface area contributed by atoms with Crippen LogP contribution in [0.15, 0.2) is 63.7 Å². The summed E-state index contributed by atoms with van der Waals surface area (Å²) in [4.78, 5) is 30.8. The smallest absolute Gasteiger partial charge is 0.297 e. The maximum absolute atomic E-state index is 13.4. The van der Waals surface area contributed by atoms with E-state index < -0.39 is 0 Å². The molecule has 5 rings (SSSR count). The monoisotopic (exact) mass is 489 g/mol. The molecule has 0 bridgehead atoms. The zero-order valence-corrected chi connectivity index (χ0v) is 20.9. The van der Waals surface area contributed by atoms with Gasteiger partial charge in [-0.1, -0.05) is 32.0 Å². The fourth-order valence-corrected chi connectivity index (χ4v) is 5.14. The lowest BCUT2D eigenvalue weighted by atomic mass is 10.1. The first-order valence-corrected chi connectivity index (χ1v) is 12.4. The number of carbonyl (C=O) groups excluding carboxylic acids is 1. The van der Waals surface area contributed by atoms with Crippen LogP contribution in [0.25, 0.3) is 16.9 Å².